The van der Waals surface area contributed by atoms with Gasteiger partial charge in [0.15, 0.2) is 17.0 Å². The number of rotatable bonds is 7. The van der Waals surface area contributed by atoms with Gasteiger partial charge in [-0.15, -0.1) is 6.58 Å². The summed E-state index contributed by atoms with van der Waals surface area (Å²) in [5.74, 6) is 0.621. The van der Waals surface area contributed by atoms with Crippen molar-refractivity contribution in [3.63, 3.8) is 0 Å². The molecule has 2 rings (SSSR count). The number of nitrogens with zero attached hydrogens (tertiary/aromatic N) is 5. The highest BCUT2D eigenvalue weighted by atomic mass is 16.3. The highest BCUT2D eigenvalue weighted by Gasteiger charge is 2.15. The Morgan fingerprint density at radius 1 is 1.21 bits per heavy atom. The summed E-state index contributed by atoms with van der Waals surface area (Å²) >= 11 is 0. The van der Waals surface area contributed by atoms with Gasteiger partial charge in [-0.1, -0.05) is 6.08 Å². The van der Waals surface area contributed by atoms with Crippen LogP contribution in [0.1, 0.15) is 0 Å². The summed E-state index contributed by atoms with van der Waals surface area (Å²) in [5.41, 5.74) is 1.37. The topological polar surface area (TPSA) is 87.3 Å². The molecule has 0 atom stereocenters. The minimum Gasteiger partial charge on any atom is -0.395 e. The summed E-state index contributed by atoms with van der Waals surface area (Å²) in [6.45, 7) is 5.06. The van der Waals surface area contributed by atoms with Crippen LogP contribution in [0.25, 0.3) is 11.2 Å². The molecular weight excluding hydrogens is 246 g/mol. The monoisotopic (exact) mass is 263 g/mol. The third-order valence-electron chi connectivity index (χ3n) is 2.75. The van der Waals surface area contributed by atoms with Crippen LogP contribution in [0.15, 0.2) is 25.3 Å². The zero-order chi connectivity index (χ0) is 13.7. The molecule has 0 aromatic carbocycles. The van der Waals surface area contributed by atoms with Gasteiger partial charge in [-0.2, -0.15) is 0 Å². The van der Waals surface area contributed by atoms with Crippen molar-refractivity contribution in [3.05, 3.63) is 25.3 Å². The van der Waals surface area contributed by atoms with Gasteiger partial charge < -0.3 is 19.7 Å². The van der Waals surface area contributed by atoms with Crippen molar-refractivity contribution >= 4 is 17.0 Å². The minimum atomic E-state index is -0.0150. The van der Waals surface area contributed by atoms with E-state index in [9.17, 15) is 0 Å². The zero-order valence-corrected chi connectivity index (χ0v) is 10.6. The van der Waals surface area contributed by atoms with Crippen LogP contribution in [-0.2, 0) is 6.54 Å². The van der Waals surface area contributed by atoms with Gasteiger partial charge >= 0.3 is 0 Å². The lowest BCUT2D eigenvalue weighted by Gasteiger charge is -2.21. The van der Waals surface area contributed by atoms with Gasteiger partial charge in [-0.05, 0) is 0 Å². The number of aromatic nitrogens is 4. The van der Waals surface area contributed by atoms with Gasteiger partial charge in [-0.3, -0.25) is 0 Å². The highest BCUT2D eigenvalue weighted by Crippen LogP contribution is 2.20. The first kappa shape index (κ1) is 13.4. The Labute approximate surface area is 110 Å². The van der Waals surface area contributed by atoms with Crippen molar-refractivity contribution in [1.29, 1.82) is 0 Å². The van der Waals surface area contributed by atoms with E-state index in [1.807, 2.05) is 4.57 Å². The molecule has 19 heavy (non-hydrogen) atoms. The van der Waals surface area contributed by atoms with E-state index in [1.165, 1.54) is 6.33 Å². The number of imidazole rings is 1. The SMILES string of the molecule is C=CCn1cnc2c(N(CCO)CCO)ncnc21. The lowest BCUT2D eigenvalue weighted by Crippen LogP contribution is -2.30. The number of aliphatic hydroxyl groups excluding tert-OH is 2. The van der Waals surface area contributed by atoms with Crippen molar-refractivity contribution in [3.8, 4) is 0 Å². The van der Waals surface area contributed by atoms with Crippen LogP contribution in [0.3, 0.4) is 0 Å². The van der Waals surface area contributed by atoms with Crippen LogP contribution in [-0.4, -0.2) is 56.0 Å². The standard InChI is InChI=1S/C12H17N5O2/c1-2-3-17-9-15-10-11(13-8-14-12(10)17)16(4-6-18)5-7-19/h2,8-9,18-19H,1,3-7H2. The molecule has 7 nitrogen and oxygen atoms in total. The van der Waals surface area contributed by atoms with Gasteiger partial charge in [0.05, 0.1) is 19.5 Å². The van der Waals surface area contributed by atoms with E-state index >= 15 is 0 Å². The maximum absolute atomic E-state index is 9.08. The van der Waals surface area contributed by atoms with Gasteiger partial charge in [-0.25, -0.2) is 15.0 Å². The van der Waals surface area contributed by atoms with Crippen LogP contribution >= 0.6 is 0 Å². The molecule has 0 spiro atoms. The van der Waals surface area contributed by atoms with Crippen LogP contribution in [0.4, 0.5) is 5.82 Å². The van der Waals surface area contributed by atoms with Crippen LogP contribution < -0.4 is 4.90 Å². The first-order chi connectivity index (χ1) is 9.31. The van der Waals surface area contributed by atoms with E-state index in [0.29, 0.717) is 36.6 Å². The first-order valence-electron chi connectivity index (χ1n) is 6.05. The fourth-order valence-electron chi connectivity index (χ4n) is 1.94. The fourth-order valence-corrected chi connectivity index (χ4v) is 1.94. The van der Waals surface area contributed by atoms with E-state index in [0.717, 1.165) is 0 Å². The molecule has 0 radical (unpaired) electrons. The minimum absolute atomic E-state index is 0.0150. The average Bonchev–Trinajstić information content (AvgIpc) is 2.82. The predicted octanol–water partition coefficient (Wildman–Crippen LogP) is -0.197. The number of allylic oxidation sites excluding steroid dienone is 1. The summed E-state index contributed by atoms with van der Waals surface area (Å²) in [5, 5.41) is 18.2. The number of fused-ring (bicyclic) bond motifs is 1. The molecule has 0 aliphatic rings. The van der Waals surface area contributed by atoms with E-state index in [2.05, 4.69) is 21.5 Å². The first-order valence-corrected chi connectivity index (χ1v) is 6.05. The number of aliphatic hydroxyl groups is 2. The van der Waals surface area contributed by atoms with E-state index in [4.69, 9.17) is 10.2 Å². The Morgan fingerprint density at radius 3 is 2.58 bits per heavy atom. The van der Waals surface area contributed by atoms with Crippen LogP contribution in [0.2, 0.25) is 0 Å². The van der Waals surface area contributed by atoms with E-state index in [1.54, 1.807) is 17.3 Å². The fraction of sp³-hybridized carbons (Fsp3) is 0.417. The molecule has 7 heteroatoms. The Kier molecular flexibility index (Phi) is 4.43. The van der Waals surface area contributed by atoms with Gasteiger partial charge in [0, 0.05) is 19.6 Å². The third kappa shape index (κ3) is 2.72. The largest absolute Gasteiger partial charge is 0.395 e. The van der Waals surface area contributed by atoms with Crippen LogP contribution in [0.5, 0.6) is 0 Å². The second-order valence-electron chi connectivity index (χ2n) is 3.99. The molecule has 0 amide bonds. The van der Waals surface area contributed by atoms with Gasteiger partial charge in [0.2, 0.25) is 0 Å². The smallest absolute Gasteiger partial charge is 0.165 e. The molecule has 0 unspecified atom stereocenters. The Morgan fingerprint density at radius 2 is 1.95 bits per heavy atom. The van der Waals surface area contributed by atoms with Crippen molar-refractivity contribution < 1.29 is 10.2 Å². The van der Waals surface area contributed by atoms with Gasteiger partial charge in [0.1, 0.15) is 6.33 Å². The summed E-state index contributed by atoms with van der Waals surface area (Å²) in [4.78, 5) is 14.5. The molecule has 0 aliphatic heterocycles. The predicted molar refractivity (Wildman–Crippen MR) is 71.9 cm³/mol. The molecule has 0 fully saturated rings. The van der Waals surface area contributed by atoms with Gasteiger partial charge in [0.25, 0.3) is 0 Å². The van der Waals surface area contributed by atoms with Crippen molar-refractivity contribution in [1.82, 2.24) is 19.5 Å². The Balaban J connectivity index is 2.44. The second-order valence-corrected chi connectivity index (χ2v) is 3.99. The number of hydrogen-bond acceptors (Lipinski definition) is 6. The van der Waals surface area contributed by atoms with Crippen molar-refractivity contribution in [2.75, 3.05) is 31.2 Å². The quantitative estimate of drug-likeness (QED) is 0.673. The highest BCUT2D eigenvalue weighted by molar-refractivity contribution is 5.83. The average molecular weight is 263 g/mol. The number of anilines is 1. The Hall–Kier alpha value is -1.99. The molecule has 0 saturated carbocycles. The normalized spacial score (nSPS) is 10.8. The maximum Gasteiger partial charge on any atom is 0.165 e. The molecule has 2 aromatic heterocycles. The molecule has 0 bridgehead atoms. The summed E-state index contributed by atoms with van der Waals surface area (Å²) in [6, 6.07) is 0. The lowest BCUT2D eigenvalue weighted by atomic mass is 10.4. The second kappa shape index (κ2) is 6.26. The molecule has 0 aliphatic carbocycles. The lowest BCUT2D eigenvalue weighted by molar-refractivity contribution is 0.281. The third-order valence-corrected chi connectivity index (χ3v) is 2.75. The molecule has 0 saturated heterocycles. The van der Waals surface area contributed by atoms with E-state index in [-0.39, 0.29) is 13.2 Å². The molecule has 2 heterocycles. The Bertz CT molecular complexity index is 548. The maximum atomic E-state index is 9.08. The van der Waals surface area contributed by atoms with Crippen molar-refractivity contribution in [2.24, 2.45) is 0 Å². The summed E-state index contributed by atoms with van der Waals surface area (Å²) < 4.78 is 1.86. The van der Waals surface area contributed by atoms with E-state index < -0.39 is 0 Å². The van der Waals surface area contributed by atoms with Crippen molar-refractivity contribution in [2.45, 2.75) is 6.54 Å². The number of hydrogen-bond donors (Lipinski definition) is 2. The molecule has 2 N–H and O–H groups in total. The zero-order valence-electron chi connectivity index (χ0n) is 10.6. The summed E-state index contributed by atoms with van der Waals surface area (Å²) in [7, 11) is 0. The molecule has 2 aromatic rings. The molecule has 102 valence electrons. The van der Waals surface area contributed by atoms with Crippen LogP contribution in [0, 0.1) is 0 Å². The summed E-state index contributed by atoms with van der Waals surface area (Å²) in [6.07, 6.45) is 4.91. The molecular formula is C12H17N5O2.